The molecule has 3 rings (SSSR count). The molecule has 3 heteroatoms. The van der Waals surface area contributed by atoms with E-state index < -0.39 is 0 Å². The van der Waals surface area contributed by atoms with Crippen LogP contribution in [0.15, 0.2) is 52.9 Å². The zero-order valence-corrected chi connectivity index (χ0v) is 14.4. The zero-order valence-electron chi connectivity index (χ0n) is 14.4. The van der Waals surface area contributed by atoms with Crippen LogP contribution in [0.4, 0.5) is 0 Å². The first-order chi connectivity index (χ1) is 11.6. The molecular formula is C21H22N2O. The van der Waals surface area contributed by atoms with E-state index in [-0.39, 0.29) is 0 Å². The quantitative estimate of drug-likeness (QED) is 0.644. The molecule has 0 amide bonds. The molecule has 3 nitrogen and oxygen atoms in total. The molecule has 3 aromatic rings. The Hall–Kier alpha value is -2.68. The summed E-state index contributed by atoms with van der Waals surface area (Å²) < 4.78 is 5.74. The van der Waals surface area contributed by atoms with E-state index in [2.05, 4.69) is 67.4 Å². The molecule has 0 atom stereocenters. The summed E-state index contributed by atoms with van der Waals surface area (Å²) in [5.74, 6) is 1.65. The molecule has 24 heavy (non-hydrogen) atoms. The maximum Gasteiger partial charge on any atom is 0.240 e. The molecule has 0 aliphatic heterocycles. The topological polar surface area (TPSA) is 38.9 Å². The first-order valence-corrected chi connectivity index (χ1v) is 8.27. The third kappa shape index (κ3) is 3.99. The highest BCUT2D eigenvalue weighted by molar-refractivity contribution is 5.68. The van der Waals surface area contributed by atoms with Gasteiger partial charge in [-0.05, 0) is 35.6 Å². The van der Waals surface area contributed by atoms with Gasteiger partial charge in [0.05, 0.1) is 6.42 Å². The monoisotopic (exact) mass is 318 g/mol. The van der Waals surface area contributed by atoms with Gasteiger partial charge in [0.2, 0.25) is 11.8 Å². The van der Waals surface area contributed by atoms with E-state index in [1.54, 1.807) is 0 Å². The van der Waals surface area contributed by atoms with Gasteiger partial charge in [-0.2, -0.15) is 0 Å². The Morgan fingerprint density at radius 2 is 1.83 bits per heavy atom. The smallest absolute Gasteiger partial charge is 0.240 e. The molecule has 0 spiro atoms. The number of aryl methyl sites for hydroxylation is 1. The van der Waals surface area contributed by atoms with Crippen molar-refractivity contribution in [1.82, 2.24) is 10.2 Å². The van der Waals surface area contributed by atoms with Crippen molar-refractivity contribution < 1.29 is 4.42 Å². The van der Waals surface area contributed by atoms with Gasteiger partial charge in [-0.15, -0.1) is 10.2 Å². The fourth-order valence-corrected chi connectivity index (χ4v) is 2.75. The number of hydrogen-bond acceptors (Lipinski definition) is 3. The molecule has 122 valence electrons. The number of benzene rings is 2. The first kappa shape index (κ1) is 16.2. The number of aromatic nitrogens is 2. The lowest BCUT2D eigenvalue weighted by Crippen LogP contribution is -1.90. The summed E-state index contributed by atoms with van der Waals surface area (Å²) in [5.41, 5.74) is 4.91. The molecule has 0 N–H and O–H groups in total. The molecule has 0 aliphatic rings. The highest BCUT2D eigenvalue weighted by Gasteiger charge is 2.06. The van der Waals surface area contributed by atoms with Crippen molar-refractivity contribution in [3.8, 4) is 0 Å². The fraction of sp³-hybridized carbons (Fsp3) is 0.238. The van der Waals surface area contributed by atoms with Crippen LogP contribution >= 0.6 is 0 Å². The summed E-state index contributed by atoms with van der Waals surface area (Å²) in [6.07, 6.45) is 4.58. The predicted octanol–water partition coefficient (Wildman–Crippen LogP) is 5.26. The van der Waals surface area contributed by atoms with Gasteiger partial charge in [0, 0.05) is 6.08 Å². The van der Waals surface area contributed by atoms with E-state index in [9.17, 15) is 0 Å². The van der Waals surface area contributed by atoms with Gasteiger partial charge in [0.25, 0.3) is 0 Å². The van der Waals surface area contributed by atoms with Crippen molar-refractivity contribution in [2.45, 2.75) is 33.1 Å². The third-order valence-corrected chi connectivity index (χ3v) is 3.94. The van der Waals surface area contributed by atoms with Crippen LogP contribution in [0.2, 0.25) is 0 Å². The molecule has 1 heterocycles. The van der Waals surface area contributed by atoms with Crippen molar-refractivity contribution in [3.05, 3.63) is 82.6 Å². The molecule has 0 radical (unpaired) electrons. The summed E-state index contributed by atoms with van der Waals surface area (Å²) in [4.78, 5) is 0. The summed E-state index contributed by atoms with van der Waals surface area (Å²) >= 11 is 0. The van der Waals surface area contributed by atoms with Crippen LogP contribution < -0.4 is 0 Å². The molecule has 0 unspecified atom stereocenters. The molecule has 0 fully saturated rings. The second-order valence-electron chi connectivity index (χ2n) is 6.32. The van der Waals surface area contributed by atoms with Crippen LogP contribution in [0.1, 0.15) is 53.8 Å². The summed E-state index contributed by atoms with van der Waals surface area (Å²) in [6, 6.07) is 16.7. The molecular weight excluding hydrogens is 296 g/mol. The van der Waals surface area contributed by atoms with Crippen LogP contribution in [-0.4, -0.2) is 10.2 Å². The SMILES string of the molecule is Cc1cccc(Cc2nnc(/C=C/c3ccccc3C(C)C)o2)c1. The Morgan fingerprint density at radius 1 is 1.00 bits per heavy atom. The second kappa shape index (κ2) is 7.26. The standard InChI is InChI=1S/C21H22N2O/c1-15(2)19-10-5-4-9-18(19)11-12-20-22-23-21(24-20)14-17-8-6-7-16(3)13-17/h4-13,15H,14H2,1-3H3/b12-11+. The number of rotatable bonds is 5. The Bertz CT molecular complexity index is 846. The number of nitrogens with zero attached hydrogens (tertiary/aromatic N) is 2. The summed E-state index contributed by atoms with van der Waals surface area (Å²) in [5, 5.41) is 8.26. The van der Waals surface area contributed by atoms with E-state index >= 15 is 0 Å². The lowest BCUT2D eigenvalue weighted by Gasteiger charge is -2.08. The minimum atomic E-state index is 0.477. The van der Waals surface area contributed by atoms with Crippen LogP contribution in [0.3, 0.4) is 0 Å². The lowest BCUT2D eigenvalue weighted by molar-refractivity contribution is 0.496. The minimum absolute atomic E-state index is 0.477. The van der Waals surface area contributed by atoms with Crippen molar-refractivity contribution in [2.75, 3.05) is 0 Å². The highest BCUT2D eigenvalue weighted by Crippen LogP contribution is 2.21. The first-order valence-electron chi connectivity index (χ1n) is 8.27. The highest BCUT2D eigenvalue weighted by atomic mass is 16.4. The van der Waals surface area contributed by atoms with Crippen molar-refractivity contribution in [3.63, 3.8) is 0 Å². The van der Waals surface area contributed by atoms with E-state index in [0.29, 0.717) is 24.1 Å². The largest absolute Gasteiger partial charge is 0.421 e. The Kier molecular flexibility index (Phi) is 4.90. The molecule has 1 aromatic heterocycles. The molecule has 0 saturated carbocycles. The van der Waals surface area contributed by atoms with Gasteiger partial charge in [-0.3, -0.25) is 0 Å². The van der Waals surface area contributed by atoms with Crippen LogP contribution in [0.5, 0.6) is 0 Å². The minimum Gasteiger partial charge on any atom is -0.421 e. The molecule has 2 aromatic carbocycles. The van der Waals surface area contributed by atoms with Crippen molar-refractivity contribution >= 4 is 12.2 Å². The van der Waals surface area contributed by atoms with Crippen molar-refractivity contribution in [1.29, 1.82) is 0 Å². The van der Waals surface area contributed by atoms with Gasteiger partial charge in [0.15, 0.2) is 0 Å². The third-order valence-electron chi connectivity index (χ3n) is 3.94. The van der Waals surface area contributed by atoms with Crippen LogP contribution in [0.25, 0.3) is 12.2 Å². The van der Waals surface area contributed by atoms with E-state index in [1.165, 1.54) is 22.3 Å². The van der Waals surface area contributed by atoms with E-state index in [4.69, 9.17) is 4.42 Å². The van der Waals surface area contributed by atoms with E-state index in [1.807, 2.05) is 24.3 Å². The normalized spacial score (nSPS) is 11.5. The Morgan fingerprint density at radius 3 is 2.62 bits per heavy atom. The summed E-state index contributed by atoms with van der Waals surface area (Å²) in [6.45, 7) is 6.47. The lowest BCUT2D eigenvalue weighted by atomic mass is 9.97. The fourth-order valence-electron chi connectivity index (χ4n) is 2.75. The van der Waals surface area contributed by atoms with Gasteiger partial charge >= 0.3 is 0 Å². The van der Waals surface area contributed by atoms with Crippen molar-refractivity contribution in [2.24, 2.45) is 0 Å². The average Bonchev–Trinajstić information content (AvgIpc) is 3.00. The average molecular weight is 318 g/mol. The van der Waals surface area contributed by atoms with Gasteiger partial charge in [-0.25, -0.2) is 0 Å². The maximum absolute atomic E-state index is 5.74. The van der Waals surface area contributed by atoms with Gasteiger partial charge < -0.3 is 4.42 Å². The maximum atomic E-state index is 5.74. The predicted molar refractivity (Wildman–Crippen MR) is 97.7 cm³/mol. The van der Waals surface area contributed by atoms with Crippen LogP contribution in [-0.2, 0) is 6.42 Å². The van der Waals surface area contributed by atoms with Gasteiger partial charge in [-0.1, -0.05) is 67.9 Å². The van der Waals surface area contributed by atoms with Gasteiger partial charge in [0.1, 0.15) is 0 Å². The number of hydrogen-bond donors (Lipinski definition) is 0. The molecule has 0 bridgehead atoms. The van der Waals surface area contributed by atoms with E-state index in [0.717, 1.165) is 0 Å². The Labute approximate surface area is 143 Å². The summed E-state index contributed by atoms with van der Waals surface area (Å²) in [7, 11) is 0. The molecule has 0 saturated heterocycles. The zero-order chi connectivity index (χ0) is 16.9. The second-order valence-corrected chi connectivity index (χ2v) is 6.32. The molecule has 0 aliphatic carbocycles. The van der Waals surface area contributed by atoms with Crippen LogP contribution in [0, 0.1) is 6.92 Å². The Balaban J connectivity index is 1.74.